The summed E-state index contributed by atoms with van der Waals surface area (Å²) >= 11 is 1.59. The van der Waals surface area contributed by atoms with Crippen molar-refractivity contribution in [2.24, 2.45) is 0 Å². The first-order valence-electron chi connectivity index (χ1n) is 10.6. The zero-order valence-electron chi connectivity index (χ0n) is 18.5. The third-order valence-corrected chi connectivity index (χ3v) is 6.86. The standard InChI is InChI=1S/C20H21F3N2S.C4H4O4/c1-24-8-10-25(11-9-24)17-13-14-12-15(20(21,22)23)6-7-18(14)26-19-5-3-2-4-16(17)19;5-3(6)1-2-4(7)8/h2-7,12,17H,8-11,13H2,1H3;1-2H,(H,5,6)(H,7,8)/b;2-1-. The van der Waals surface area contributed by atoms with E-state index in [1.165, 1.54) is 17.7 Å². The first-order valence-corrected chi connectivity index (χ1v) is 11.4. The van der Waals surface area contributed by atoms with Crippen molar-refractivity contribution in [1.82, 2.24) is 9.80 Å². The van der Waals surface area contributed by atoms with Crippen LogP contribution in [0.25, 0.3) is 0 Å². The molecule has 1 saturated heterocycles. The van der Waals surface area contributed by atoms with E-state index in [9.17, 15) is 22.8 Å². The summed E-state index contributed by atoms with van der Waals surface area (Å²) in [7, 11) is 2.11. The van der Waals surface area contributed by atoms with Crippen LogP contribution < -0.4 is 0 Å². The van der Waals surface area contributed by atoms with Gasteiger partial charge in [0, 0.05) is 54.2 Å². The summed E-state index contributed by atoms with van der Waals surface area (Å²) in [5, 5.41) is 15.6. The first kappa shape index (κ1) is 25.8. The fourth-order valence-corrected chi connectivity index (χ4v) is 5.02. The number of hydrogen-bond acceptors (Lipinski definition) is 5. The maximum Gasteiger partial charge on any atom is 0.416 e. The molecule has 182 valence electrons. The second-order valence-corrected chi connectivity index (χ2v) is 9.11. The van der Waals surface area contributed by atoms with Crippen LogP contribution in [0.2, 0.25) is 0 Å². The van der Waals surface area contributed by atoms with Crippen molar-refractivity contribution in [1.29, 1.82) is 0 Å². The zero-order chi connectivity index (χ0) is 24.9. The average Bonchev–Trinajstić information content (AvgIpc) is 2.94. The lowest BCUT2D eigenvalue weighted by atomic mass is 9.95. The number of fused-ring (bicyclic) bond motifs is 2. The van der Waals surface area contributed by atoms with Crippen LogP contribution in [0.4, 0.5) is 13.2 Å². The molecule has 2 aliphatic heterocycles. The van der Waals surface area contributed by atoms with Gasteiger partial charge in [-0.15, -0.1) is 0 Å². The van der Waals surface area contributed by atoms with E-state index in [4.69, 9.17) is 10.2 Å². The van der Waals surface area contributed by atoms with Crippen molar-refractivity contribution in [3.63, 3.8) is 0 Å². The Balaban J connectivity index is 0.000000350. The largest absolute Gasteiger partial charge is 0.478 e. The number of piperazine rings is 1. The normalized spacial score (nSPS) is 18.9. The summed E-state index contributed by atoms with van der Waals surface area (Å²) in [4.78, 5) is 25.9. The fourth-order valence-electron chi connectivity index (χ4n) is 3.90. The third kappa shape index (κ3) is 6.85. The fraction of sp³-hybridized carbons (Fsp3) is 0.333. The number of carboxylic acid groups (broad SMARTS) is 2. The number of benzene rings is 2. The average molecular weight is 495 g/mol. The molecule has 2 N–H and O–H groups in total. The van der Waals surface area contributed by atoms with Gasteiger partial charge in [-0.25, -0.2) is 9.59 Å². The predicted molar refractivity (Wildman–Crippen MR) is 122 cm³/mol. The molecule has 2 aromatic carbocycles. The lowest BCUT2D eigenvalue weighted by molar-refractivity contribution is -0.137. The number of rotatable bonds is 3. The molecule has 2 aliphatic rings. The number of likely N-dealkylation sites (N-methyl/N-ethyl adjacent to an activating group) is 1. The molecule has 6 nitrogen and oxygen atoms in total. The van der Waals surface area contributed by atoms with Crippen LogP contribution in [-0.4, -0.2) is 65.2 Å². The Morgan fingerprint density at radius 2 is 1.59 bits per heavy atom. The summed E-state index contributed by atoms with van der Waals surface area (Å²) in [5.74, 6) is -2.51. The van der Waals surface area contributed by atoms with Crippen LogP contribution in [0, 0.1) is 0 Å². The monoisotopic (exact) mass is 494 g/mol. The summed E-state index contributed by atoms with van der Waals surface area (Å²) in [5.41, 5.74) is 1.47. The summed E-state index contributed by atoms with van der Waals surface area (Å²) < 4.78 is 39.6. The van der Waals surface area contributed by atoms with Crippen molar-refractivity contribution in [2.75, 3.05) is 33.2 Å². The predicted octanol–water partition coefficient (Wildman–Crippen LogP) is 4.41. The van der Waals surface area contributed by atoms with Crippen molar-refractivity contribution >= 4 is 23.7 Å². The molecule has 0 bridgehead atoms. The van der Waals surface area contributed by atoms with Gasteiger partial charge in [0.05, 0.1) is 5.56 Å². The second kappa shape index (κ2) is 11.1. The molecule has 1 atom stereocenters. The molecule has 0 saturated carbocycles. The molecule has 2 aromatic rings. The van der Waals surface area contributed by atoms with E-state index < -0.39 is 23.7 Å². The Kier molecular flexibility index (Phi) is 8.40. The number of hydrogen-bond donors (Lipinski definition) is 2. The summed E-state index contributed by atoms with van der Waals surface area (Å²) in [6.45, 7) is 3.85. The maximum atomic E-state index is 13.2. The number of carbonyl (C=O) groups is 2. The minimum atomic E-state index is -4.30. The topological polar surface area (TPSA) is 81.1 Å². The number of carboxylic acids is 2. The molecule has 2 heterocycles. The number of aliphatic carboxylic acids is 2. The van der Waals surface area contributed by atoms with E-state index in [2.05, 4.69) is 29.0 Å². The highest BCUT2D eigenvalue weighted by atomic mass is 32.2. The molecule has 0 radical (unpaired) electrons. The van der Waals surface area contributed by atoms with Gasteiger partial charge in [0.25, 0.3) is 0 Å². The maximum absolute atomic E-state index is 13.2. The molecule has 1 unspecified atom stereocenters. The zero-order valence-corrected chi connectivity index (χ0v) is 19.3. The lowest BCUT2D eigenvalue weighted by Crippen LogP contribution is -2.46. The van der Waals surface area contributed by atoms with Crippen LogP contribution in [0.5, 0.6) is 0 Å². The van der Waals surface area contributed by atoms with Crippen LogP contribution >= 0.6 is 11.8 Å². The van der Waals surface area contributed by atoms with E-state index in [-0.39, 0.29) is 6.04 Å². The van der Waals surface area contributed by atoms with Crippen molar-refractivity contribution < 1.29 is 33.0 Å². The minimum Gasteiger partial charge on any atom is -0.478 e. The Morgan fingerprint density at radius 1 is 0.971 bits per heavy atom. The van der Waals surface area contributed by atoms with Gasteiger partial charge < -0.3 is 15.1 Å². The SMILES string of the molecule is CN1CCN(C2Cc3cc(C(F)(F)F)ccc3Sc3ccccc32)CC1.O=C(O)/C=C\C(=O)O. The Bertz CT molecular complexity index is 1050. The quantitative estimate of drug-likeness (QED) is 0.612. The Labute approximate surface area is 199 Å². The van der Waals surface area contributed by atoms with Crippen LogP contribution in [0.1, 0.15) is 22.7 Å². The Hall–Kier alpha value is -2.82. The van der Waals surface area contributed by atoms with Gasteiger partial charge in [0.2, 0.25) is 0 Å². The van der Waals surface area contributed by atoms with Gasteiger partial charge in [0.1, 0.15) is 0 Å². The van der Waals surface area contributed by atoms with E-state index in [0.29, 0.717) is 18.6 Å². The van der Waals surface area contributed by atoms with Gasteiger partial charge in [-0.3, -0.25) is 4.90 Å². The molecule has 10 heteroatoms. The van der Waals surface area contributed by atoms with Gasteiger partial charge in [0.15, 0.2) is 0 Å². The first-order chi connectivity index (χ1) is 16.0. The molecule has 0 aromatic heterocycles. The lowest BCUT2D eigenvalue weighted by Gasteiger charge is -2.38. The molecular formula is C24H25F3N2O4S. The smallest absolute Gasteiger partial charge is 0.416 e. The van der Waals surface area contributed by atoms with Crippen LogP contribution in [-0.2, 0) is 22.2 Å². The van der Waals surface area contributed by atoms with E-state index in [1.54, 1.807) is 17.8 Å². The van der Waals surface area contributed by atoms with Crippen molar-refractivity contribution in [2.45, 2.75) is 28.4 Å². The van der Waals surface area contributed by atoms with E-state index >= 15 is 0 Å². The molecule has 0 aliphatic carbocycles. The molecule has 0 spiro atoms. The third-order valence-electron chi connectivity index (χ3n) is 5.65. The van der Waals surface area contributed by atoms with Gasteiger partial charge >= 0.3 is 18.1 Å². The molecular weight excluding hydrogens is 469 g/mol. The van der Waals surface area contributed by atoms with Gasteiger partial charge in [-0.05, 0) is 48.9 Å². The summed E-state index contributed by atoms with van der Waals surface area (Å²) in [6.07, 6.45) is -2.57. The molecule has 4 rings (SSSR count). The second-order valence-electron chi connectivity index (χ2n) is 8.03. The van der Waals surface area contributed by atoms with Crippen LogP contribution in [0.3, 0.4) is 0 Å². The highest BCUT2D eigenvalue weighted by molar-refractivity contribution is 7.99. The molecule has 34 heavy (non-hydrogen) atoms. The highest BCUT2D eigenvalue weighted by Gasteiger charge is 2.33. The van der Waals surface area contributed by atoms with Gasteiger partial charge in [-0.2, -0.15) is 13.2 Å². The van der Waals surface area contributed by atoms with Crippen molar-refractivity contribution in [3.05, 3.63) is 71.3 Å². The minimum absolute atomic E-state index is 0.122. The van der Waals surface area contributed by atoms with Crippen LogP contribution in [0.15, 0.2) is 64.4 Å². The molecule has 0 amide bonds. The summed E-state index contributed by atoms with van der Waals surface area (Å²) in [6, 6.07) is 12.5. The highest BCUT2D eigenvalue weighted by Crippen LogP contribution is 2.44. The van der Waals surface area contributed by atoms with Crippen molar-refractivity contribution in [3.8, 4) is 0 Å². The Morgan fingerprint density at radius 3 is 2.18 bits per heavy atom. The number of alkyl halides is 3. The van der Waals surface area contributed by atoms with Gasteiger partial charge in [-0.1, -0.05) is 30.0 Å². The number of halogens is 3. The molecule has 1 fully saturated rings. The van der Waals surface area contributed by atoms with E-state index in [0.717, 1.165) is 41.5 Å². The van der Waals surface area contributed by atoms with E-state index in [1.807, 2.05) is 12.1 Å². The number of nitrogens with zero attached hydrogens (tertiary/aromatic N) is 2.